The van der Waals surface area contributed by atoms with E-state index in [0.717, 1.165) is 18.8 Å². The number of para-hydroxylation sites is 1. The van der Waals surface area contributed by atoms with Gasteiger partial charge in [0.1, 0.15) is 5.75 Å². The largest absolute Gasteiger partial charge is 0.424 e. The summed E-state index contributed by atoms with van der Waals surface area (Å²) in [5, 5.41) is 6.65. The van der Waals surface area contributed by atoms with E-state index in [1.165, 1.54) is 12.8 Å². The minimum absolute atomic E-state index is 0.256. The molecule has 1 aromatic heterocycles. The van der Waals surface area contributed by atoms with Crippen molar-refractivity contribution in [1.82, 2.24) is 15.0 Å². The fourth-order valence-electron chi connectivity index (χ4n) is 3.37. The second-order valence-corrected chi connectivity index (χ2v) is 7.72. The van der Waals surface area contributed by atoms with Gasteiger partial charge in [-0.15, -0.1) is 0 Å². The van der Waals surface area contributed by atoms with E-state index >= 15 is 0 Å². The number of anilines is 2. The molecule has 0 spiro atoms. The minimum atomic E-state index is 0.256. The van der Waals surface area contributed by atoms with Crippen LogP contribution in [0, 0.1) is 5.92 Å². The van der Waals surface area contributed by atoms with Gasteiger partial charge in [0.2, 0.25) is 11.9 Å². The van der Waals surface area contributed by atoms with E-state index < -0.39 is 0 Å². The van der Waals surface area contributed by atoms with Gasteiger partial charge < -0.3 is 30.6 Å². The lowest BCUT2D eigenvalue weighted by molar-refractivity contribution is 0.0547. The summed E-state index contributed by atoms with van der Waals surface area (Å²) in [4.78, 5) is 13.4. The molecule has 0 saturated heterocycles. The molecule has 1 heterocycles. The Morgan fingerprint density at radius 2 is 1.61 bits per heavy atom. The number of ether oxygens (including phenoxy) is 3. The Kier molecular flexibility index (Phi) is 9.75. The van der Waals surface area contributed by atoms with Gasteiger partial charge in [-0.25, -0.2) is 0 Å². The topological polar surface area (TPSA) is 116 Å². The summed E-state index contributed by atoms with van der Waals surface area (Å²) >= 11 is 0. The Balaban J connectivity index is 1.56. The average Bonchev–Trinajstić information content (AvgIpc) is 2.78. The highest BCUT2D eigenvalue weighted by molar-refractivity contribution is 5.38. The molecular formula is C22H34N6O3. The Hall–Kier alpha value is -2.49. The van der Waals surface area contributed by atoms with Crippen molar-refractivity contribution in [2.45, 2.75) is 38.6 Å². The lowest BCUT2D eigenvalue weighted by atomic mass is 9.87. The molecule has 31 heavy (non-hydrogen) atoms. The first-order valence-electron chi connectivity index (χ1n) is 11.1. The van der Waals surface area contributed by atoms with Crippen LogP contribution >= 0.6 is 0 Å². The first-order valence-corrected chi connectivity index (χ1v) is 11.1. The maximum Gasteiger partial charge on any atom is 0.328 e. The van der Waals surface area contributed by atoms with E-state index in [9.17, 15) is 0 Å². The van der Waals surface area contributed by atoms with Crippen molar-refractivity contribution in [3.8, 4) is 11.8 Å². The van der Waals surface area contributed by atoms with Gasteiger partial charge in [-0.3, -0.25) is 0 Å². The van der Waals surface area contributed by atoms with Crippen molar-refractivity contribution in [3.05, 3.63) is 30.3 Å². The summed E-state index contributed by atoms with van der Waals surface area (Å²) in [6.07, 6.45) is 4.66. The Labute approximate surface area is 184 Å². The third-order valence-electron chi connectivity index (χ3n) is 5.08. The third kappa shape index (κ3) is 8.64. The van der Waals surface area contributed by atoms with Crippen molar-refractivity contribution in [2.24, 2.45) is 11.7 Å². The number of nitrogens with two attached hydrogens (primary N) is 1. The molecule has 3 rings (SSSR count). The predicted molar refractivity (Wildman–Crippen MR) is 121 cm³/mol. The van der Waals surface area contributed by atoms with Crippen LogP contribution in [-0.4, -0.2) is 60.5 Å². The molecule has 1 saturated carbocycles. The van der Waals surface area contributed by atoms with Crippen LogP contribution in [0.2, 0.25) is 0 Å². The first kappa shape index (κ1) is 23.2. The molecule has 0 bridgehead atoms. The molecule has 1 fully saturated rings. The number of aromatic nitrogens is 3. The summed E-state index contributed by atoms with van der Waals surface area (Å²) < 4.78 is 16.7. The summed E-state index contributed by atoms with van der Waals surface area (Å²) in [6, 6.07) is 10.1. The maximum atomic E-state index is 5.85. The number of hydrogen-bond acceptors (Lipinski definition) is 9. The van der Waals surface area contributed by atoms with E-state index in [1.54, 1.807) is 0 Å². The maximum absolute atomic E-state index is 5.85. The quantitative estimate of drug-likeness (QED) is 0.412. The Morgan fingerprint density at radius 1 is 0.903 bits per heavy atom. The molecule has 0 amide bonds. The molecule has 2 aromatic rings. The number of benzene rings is 1. The highest BCUT2D eigenvalue weighted by Gasteiger charge is 2.19. The number of hydrogen-bond donors (Lipinski definition) is 3. The molecule has 0 atom stereocenters. The molecule has 0 aliphatic heterocycles. The van der Waals surface area contributed by atoms with Crippen LogP contribution in [0.4, 0.5) is 11.9 Å². The van der Waals surface area contributed by atoms with Gasteiger partial charge in [0.15, 0.2) is 0 Å². The highest BCUT2D eigenvalue weighted by Crippen LogP contribution is 2.26. The van der Waals surface area contributed by atoms with Crippen LogP contribution in [-0.2, 0) is 9.47 Å². The predicted octanol–water partition coefficient (Wildman–Crippen LogP) is 3.06. The molecule has 9 heteroatoms. The summed E-state index contributed by atoms with van der Waals surface area (Å²) in [5.74, 6) is 2.44. The van der Waals surface area contributed by atoms with Gasteiger partial charge in [0.25, 0.3) is 0 Å². The van der Waals surface area contributed by atoms with Gasteiger partial charge >= 0.3 is 6.01 Å². The monoisotopic (exact) mass is 430 g/mol. The SMILES string of the molecule is CC1CCC(Nc2nc(NCCOCCOCCN)nc(Oc3ccccc3)n2)CC1. The minimum Gasteiger partial charge on any atom is -0.424 e. The zero-order valence-corrected chi connectivity index (χ0v) is 18.3. The molecule has 9 nitrogen and oxygen atoms in total. The van der Waals surface area contributed by atoms with E-state index in [0.29, 0.717) is 63.2 Å². The molecule has 4 N–H and O–H groups in total. The zero-order chi connectivity index (χ0) is 21.7. The lowest BCUT2D eigenvalue weighted by Gasteiger charge is -2.26. The molecular weight excluding hydrogens is 396 g/mol. The second-order valence-electron chi connectivity index (χ2n) is 7.72. The van der Waals surface area contributed by atoms with Gasteiger partial charge in [-0.1, -0.05) is 25.1 Å². The van der Waals surface area contributed by atoms with Crippen molar-refractivity contribution in [1.29, 1.82) is 0 Å². The average molecular weight is 431 g/mol. The molecule has 1 aliphatic rings. The van der Waals surface area contributed by atoms with Gasteiger partial charge in [0, 0.05) is 19.1 Å². The van der Waals surface area contributed by atoms with Crippen LogP contribution in [0.1, 0.15) is 32.6 Å². The van der Waals surface area contributed by atoms with Crippen molar-refractivity contribution in [3.63, 3.8) is 0 Å². The zero-order valence-electron chi connectivity index (χ0n) is 18.3. The number of rotatable bonds is 13. The number of nitrogens with zero attached hydrogens (tertiary/aromatic N) is 3. The van der Waals surface area contributed by atoms with Crippen LogP contribution < -0.4 is 21.1 Å². The Morgan fingerprint density at radius 3 is 2.35 bits per heavy atom. The van der Waals surface area contributed by atoms with Gasteiger partial charge in [0.05, 0.1) is 26.4 Å². The van der Waals surface area contributed by atoms with Crippen molar-refractivity contribution in [2.75, 3.05) is 50.2 Å². The lowest BCUT2D eigenvalue weighted by Crippen LogP contribution is -2.26. The second kappa shape index (κ2) is 13.0. The summed E-state index contributed by atoms with van der Waals surface area (Å²) in [5.41, 5.74) is 5.38. The van der Waals surface area contributed by atoms with Crippen molar-refractivity contribution < 1.29 is 14.2 Å². The molecule has 1 aliphatic carbocycles. The van der Waals surface area contributed by atoms with Gasteiger partial charge in [-0.2, -0.15) is 15.0 Å². The third-order valence-corrected chi connectivity index (χ3v) is 5.08. The van der Waals surface area contributed by atoms with E-state index in [-0.39, 0.29) is 6.01 Å². The molecule has 1 aromatic carbocycles. The smallest absolute Gasteiger partial charge is 0.328 e. The first-order chi connectivity index (χ1) is 15.2. The normalized spacial score (nSPS) is 18.5. The van der Waals surface area contributed by atoms with E-state index in [4.69, 9.17) is 19.9 Å². The van der Waals surface area contributed by atoms with Crippen LogP contribution in [0.3, 0.4) is 0 Å². The fourth-order valence-corrected chi connectivity index (χ4v) is 3.37. The van der Waals surface area contributed by atoms with E-state index in [1.807, 2.05) is 30.3 Å². The summed E-state index contributed by atoms with van der Waals surface area (Å²) in [7, 11) is 0. The van der Waals surface area contributed by atoms with Crippen LogP contribution in [0.25, 0.3) is 0 Å². The van der Waals surface area contributed by atoms with Gasteiger partial charge in [-0.05, 0) is 43.7 Å². The van der Waals surface area contributed by atoms with E-state index in [2.05, 4.69) is 32.5 Å². The summed E-state index contributed by atoms with van der Waals surface area (Å²) in [6.45, 7) is 5.50. The molecule has 0 radical (unpaired) electrons. The van der Waals surface area contributed by atoms with Crippen molar-refractivity contribution >= 4 is 11.9 Å². The highest BCUT2D eigenvalue weighted by atomic mass is 16.5. The molecule has 0 unspecified atom stereocenters. The van der Waals surface area contributed by atoms with Crippen LogP contribution in [0.15, 0.2) is 30.3 Å². The standard InChI is InChI=1S/C22H34N6O3/c1-17-7-9-18(10-8-17)25-21-26-20(24-12-14-30-16-15-29-13-11-23)27-22(28-21)31-19-5-3-2-4-6-19/h2-6,17-18H,7-16,23H2,1H3,(H2,24,25,26,27,28). The Bertz CT molecular complexity index is 756. The number of nitrogens with one attached hydrogen (secondary N) is 2. The molecule has 170 valence electrons. The van der Waals surface area contributed by atoms with Crippen LogP contribution in [0.5, 0.6) is 11.8 Å². The fraction of sp³-hybridized carbons (Fsp3) is 0.591.